The third-order valence-corrected chi connectivity index (χ3v) is 4.49. The number of Topliss-reactive ketones (excluding diaryl/α,β-unsaturated/α-hetero) is 1. The molecular formula is C20H20O6. The van der Waals surface area contributed by atoms with Crippen LogP contribution < -0.4 is 0 Å². The van der Waals surface area contributed by atoms with Gasteiger partial charge in [-0.05, 0) is 42.5 Å². The lowest BCUT2D eigenvalue weighted by Crippen LogP contribution is -2.10. The van der Waals surface area contributed by atoms with Gasteiger partial charge in [0.25, 0.3) is 0 Å². The number of aryl methyl sites for hydroxylation is 2. The normalized spacial score (nSPS) is 12.5. The summed E-state index contributed by atoms with van der Waals surface area (Å²) >= 11 is 0. The van der Waals surface area contributed by atoms with Crippen LogP contribution >= 0.6 is 0 Å². The summed E-state index contributed by atoms with van der Waals surface area (Å²) in [4.78, 5) is 35.7. The van der Waals surface area contributed by atoms with Gasteiger partial charge >= 0.3 is 11.9 Å². The van der Waals surface area contributed by atoms with E-state index in [1.54, 1.807) is 0 Å². The number of hydrogen-bond acceptors (Lipinski definition) is 6. The number of benzene rings is 1. The van der Waals surface area contributed by atoms with E-state index in [-0.39, 0.29) is 36.6 Å². The molecule has 0 unspecified atom stereocenters. The van der Waals surface area contributed by atoms with Crippen molar-refractivity contribution >= 4 is 17.7 Å². The maximum Gasteiger partial charge on any atom is 0.341 e. The van der Waals surface area contributed by atoms with Crippen molar-refractivity contribution in [2.24, 2.45) is 0 Å². The van der Waals surface area contributed by atoms with Gasteiger partial charge in [0.2, 0.25) is 0 Å². The van der Waals surface area contributed by atoms with Gasteiger partial charge in [0.05, 0.1) is 19.8 Å². The molecule has 136 valence electrons. The lowest BCUT2D eigenvalue weighted by molar-refractivity contribution is -0.145. The van der Waals surface area contributed by atoms with Crippen molar-refractivity contribution in [2.75, 3.05) is 7.11 Å². The molecule has 1 aromatic carbocycles. The largest absolute Gasteiger partial charge is 0.465 e. The van der Waals surface area contributed by atoms with E-state index in [0.29, 0.717) is 5.56 Å². The molecule has 0 radical (unpaired) electrons. The van der Waals surface area contributed by atoms with Crippen LogP contribution in [-0.4, -0.2) is 24.8 Å². The fourth-order valence-electron chi connectivity index (χ4n) is 3.07. The molecule has 0 bridgehead atoms. The molecule has 1 aromatic heterocycles. The van der Waals surface area contributed by atoms with Gasteiger partial charge < -0.3 is 13.9 Å². The first-order chi connectivity index (χ1) is 12.6. The zero-order chi connectivity index (χ0) is 18.5. The van der Waals surface area contributed by atoms with E-state index in [2.05, 4.69) is 4.74 Å². The molecule has 0 spiro atoms. The average molecular weight is 356 g/mol. The first-order valence-corrected chi connectivity index (χ1v) is 8.54. The molecule has 0 atom stereocenters. The van der Waals surface area contributed by atoms with Crippen molar-refractivity contribution in [3.63, 3.8) is 0 Å². The first-order valence-electron chi connectivity index (χ1n) is 8.54. The quantitative estimate of drug-likeness (QED) is 0.559. The molecule has 0 saturated carbocycles. The molecule has 1 aliphatic rings. The van der Waals surface area contributed by atoms with Crippen LogP contribution in [0, 0.1) is 0 Å². The van der Waals surface area contributed by atoms with E-state index < -0.39 is 11.9 Å². The number of ketones is 1. The van der Waals surface area contributed by atoms with Gasteiger partial charge in [0.1, 0.15) is 12.2 Å². The molecule has 0 amide bonds. The van der Waals surface area contributed by atoms with Crippen molar-refractivity contribution in [3.8, 4) is 0 Å². The summed E-state index contributed by atoms with van der Waals surface area (Å²) in [5.74, 6) is -0.941. The first kappa shape index (κ1) is 17.9. The van der Waals surface area contributed by atoms with Gasteiger partial charge in [0, 0.05) is 12.0 Å². The topological polar surface area (TPSA) is 82.8 Å². The molecule has 2 aromatic rings. The second-order valence-corrected chi connectivity index (χ2v) is 6.17. The number of methoxy groups -OCH3 is 1. The molecular weight excluding hydrogens is 336 g/mol. The van der Waals surface area contributed by atoms with Crippen LogP contribution in [0.15, 0.2) is 34.9 Å². The van der Waals surface area contributed by atoms with Gasteiger partial charge in [-0.25, -0.2) is 4.79 Å². The number of ether oxygens (including phenoxy) is 2. The molecule has 0 saturated heterocycles. The number of furan rings is 1. The van der Waals surface area contributed by atoms with Crippen LogP contribution in [0.1, 0.15) is 56.9 Å². The highest BCUT2D eigenvalue weighted by Crippen LogP contribution is 2.23. The Morgan fingerprint density at radius 1 is 1.08 bits per heavy atom. The minimum absolute atomic E-state index is 0.0236. The number of rotatable bonds is 7. The Kier molecular flexibility index (Phi) is 5.51. The number of hydrogen-bond donors (Lipinski definition) is 0. The van der Waals surface area contributed by atoms with Gasteiger partial charge in [0.15, 0.2) is 11.5 Å². The second-order valence-electron chi connectivity index (χ2n) is 6.17. The van der Waals surface area contributed by atoms with E-state index in [1.165, 1.54) is 30.6 Å². The van der Waals surface area contributed by atoms with Gasteiger partial charge in [-0.2, -0.15) is 0 Å². The van der Waals surface area contributed by atoms with E-state index >= 15 is 0 Å². The number of carbonyl (C=O) groups is 3. The molecule has 1 aliphatic carbocycles. The predicted molar refractivity (Wildman–Crippen MR) is 91.9 cm³/mol. The van der Waals surface area contributed by atoms with E-state index in [1.807, 2.05) is 18.2 Å². The fourth-order valence-corrected chi connectivity index (χ4v) is 3.07. The highest BCUT2D eigenvalue weighted by atomic mass is 16.5. The lowest BCUT2D eigenvalue weighted by Gasteiger charge is -2.06. The van der Waals surface area contributed by atoms with Crippen molar-refractivity contribution in [3.05, 3.63) is 58.5 Å². The molecule has 0 fully saturated rings. The summed E-state index contributed by atoms with van der Waals surface area (Å²) in [6.45, 7) is -0.177. The number of esters is 2. The van der Waals surface area contributed by atoms with E-state index in [0.717, 1.165) is 19.3 Å². The third kappa shape index (κ3) is 4.02. The van der Waals surface area contributed by atoms with Crippen LogP contribution in [0.2, 0.25) is 0 Å². The van der Waals surface area contributed by atoms with Crippen molar-refractivity contribution < 1.29 is 28.3 Å². The lowest BCUT2D eigenvalue weighted by atomic mass is 10.0. The Hall–Kier alpha value is -2.89. The van der Waals surface area contributed by atoms with Crippen LogP contribution in [0.4, 0.5) is 0 Å². The smallest absolute Gasteiger partial charge is 0.341 e. The Morgan fingerprint density at radius 2 is 1.88 bits per heavy atom. The molecule has 3 rings (SSSR count). The van der Waals surface area contributed by atoms with E-state index in [4.69, 9.17) is 9.15 Å². The van der Waals surface area contributed by atoms with Gasteiger partial charge in [-0.1, -0.05) is 12.1 Å². The fraction of sp³-hybridized carbons (Fsp3) is 0.350. The van der Waals surface area contributed by atoms with Crippen molar-refractivity contribution in [1.82, 2.24) is 0 Å². The molecule has 6 nitrogen and oxygen atoms in total. The van der Waals surface area contributed by atoms with Crippen LogP contribution in [-0.2, 0) is 33.7 Å². The summed E-state index contributed by atoms with van der Waals surface area (Å²) < 4.78 is 14.8. The number of carbonyl (C=O) groups excluding carboxylic acids is 3. The zero-order valence-corrected chi connectivity index (χ0v) is 14.6. The Morgan fingerprint density at radius 3 is 2.69 bits per heavy atom. The molecule has 0 aliphatic heterocycles. The predicted octanol–water partition coefficient (Wildman–Crippen LogP) is 3.26. The Balaban J connectivity index is 1.49. The third-order valence-electron chi connectivity index (χ3n) is 4.49. The monoisotopic (exact) mass is 356 g/mol. The van der Waals surface area contributed by atoms with Gasteiger partial charge in [-0.15, -0.1) is 0 Å². The summed E-state index contributed by atoms with van der Waals surface area (Å²) in [7, 11) is 1.26. The summed E-state index contributed by atoms with van der Waals surface area (Å²) in [5, 5.41) is 0. The average Bonchev–Trinajstić information content (AvgIpc) is 3.31. The van der Waals surface area contributed by atoms with Crippen LogP contribution in [0.5, 0.6) is 0 Å². The van der Waals surface area contributed by atoms with Crippen LogP contribution in [0.3, 0.4) is 0 Å². The maximum atomic E-state index is 12.3. The Labute approximate surface area is 151 Å². The summed E-state index contributed by atoms with van der Waals surface area (Å²) in [5.41, 5.74) is 3.39. The van der Waals surface area contributed by atoms with Crippen molar-refractivity contribution in [2.45, 2.75) is 38.7 Å². The summed E-state index contributed by atoms with van der Waals surface area (Å²) in [6.07, 6.45) is 4.58. The van der Waals surface area contributed by atoms with E-state index in [9.17, 15) is 14.4 Å². The zero-order valence-electron chi connectivity index (χ0n) is 14.6. The minimum atomic E-state index is -0.559. The SMILES string of the molecule is COC(=O)c1ccoc1COC(=O)CCC(=O)c1ccc2c(c1)CCC2. The highest BCUT2D eigenvalue weighted by Gasteiger charge is 2.18. The molecule has 6 heteroatoms. The minimum Gasteiger partial charge on any atom is -0.465 e. The Bertz CT molecular complexity index is 833. The highest BCUT2D eigenvalue weighted by molar-refractivity contribution is 5.97. The van der Waals surface area contributed by atoms with Gasteiger partial charge in [-0.3, -0.25) is 9.59 Å². The molecule has 0 N–H and O–H groups in total. The molecule has 1 heterocycles. The van der Waals surface area contributed by atoms with Crippen LogP contribution in [0.25, 0.3) is 0 Å². The maximum absolute atomic E-state index is 12.3. The standard InChI is InChI=1S/C20H20O6/c1-24-20(23)16-9-10-25-18(16)12-26-19(22)8-7-17(21)15-6-5-13-3-2-4-14(13)11-15/h5-6,9-11H,2-4,7-8,12H2,1H3. The second kappa shape index (κ2) is 7.99. The van der Waals surface area contributed by atoms with Crippen molar-refractivity contribution in [1.29, 1.82) is 0 Å². The summed E-state index contributed by atoms with van der Waals surface area (Å²) in [6, 6.07) is 7.20. The number of fused-ring (bicyclic) bond motifs is 1. The molecule has 26 heavy (non-hydrogen) atoms.